The number of benzene rings is 1. The van der Waals surface area contributed by atoms with Crippen molar-refractivity contribution in [3.63, 3.8) is 0 Å². The van der Waals surface area contributed by atoms with Crippen molar-refractivity contribution >= 4 is 17.6 Å². The Balaban J connectivity index is 2.58. The number of nitro groups is 1. The maximum atomic E-state index is 11.8. The summed E-state index contributed by atoms with van der Waals surface area (Å²) >= 11 is 0. The van der Waals surface area contributed by atoms with Crippen LogP contribution in [-0.2, 0) is 9.53 Å². The number of hydrogen-bond donors (Lipinski definition) is 2. The fraction of sp³-hybridized carbons (Fsp3) is 0.333. The van der Waals surface area contributed by atoms with E-state index in [0.29, 0.717) is 0 Å². The van der Waals surface area contributed by atoms with Crippen LogP contribution in [0.5, 0.6) is 0 Å². The minimum Gasteiger partial charge on any atom is -0.480 e. The second kappa shape index (κ2) is 7.19. The molecule has 8 heteroatoms. The highest BCUT2D eigenvalue weighted by molar-refractivity contribution is 5.96. The molecule has 20 heavy (non-hydrogen) atoms. The number of carboxylic acid groups (broad SMARTS) is 1. The highest BCUT2D eigenvalue weighted by Crippen LogP contribution is 2.20. The van der Waals surface area contributed by atoms with Crippen LogP contribution < -0.4 is 5.32 Å². The zero-order chi connectivity index (χ0) is 15.1. The molecule has 0 radical (unpaired) electrons. The van der Waals surface area contributed by atoms with E-state index in [-0.39, 0.29) is 30.0 Å². The minimum atomic E-state index is -1.09. The van der Waals surface area contributed by atoms with Gasteiger partial charge in [0.1, 0.15) is 6.61 Å². The third kappa shape index (κ3) is 4.32. The predicted octanol–water partition coefficient (Wildman–Crippen LogP) is 0.734. The average Bonchev–Trinajstić information content (AvgIpc) is 2.37. The molecule has 0 spiro atoms. The molecule has 2 N–H and O–H groups in total. The van der Waals surface area contributed by atoms with Gasteiger partial charge in [-0.25, -0.2) is 4.79 Å². The van der Waals surface area contributed by atoms with Gasteiger partial charge in [0.2, 0.25) is 0 Å². The minimum absolute atomic E-state index is 0.0476. The maximum absolute atomic E-state index is 11.8. The lowest BCUT2D eigenvalue weighted by atomic mass is 10.1. The summed E-state index contributed by atoms with van der Waals surface area (Å²) in [4.78, 5) is 32.2. The molecular formula is C12H14N2O6. The Morgan fingerprint density at radius 3 is 2.75 bits per heavy atom. The van der Waals surface area contributed by atoms with Gasteiger partial charge >= 0.3 is 5.97 Å². The number of carbonyl (C=O) groups excluding carboxylic acids is 1. The number of carboxylic acids is 1. The molecule has 1 aromatic rings. The molecule has 0 heterocycles. The van der Waals surface area contributed by atoms with E-state index in [1.165, 1.54) is 25.1 Å². The molecule has 0 aliphatic rings. The third-order valence-corrected chi connectivity index (χ3v) is 2.50. The Hall–Kier alpha value is -2.48. The number of nitro benzene ring substituents is 1. The average molecular weight is 282 g/mol. The van der Waals surface area contributed by atoms with E-state index in [0.717, 1.165) is 0 Å². The maximum Gasteiger partial charge on any atom is 0.329 e. The molecule has 1 aromatic carbocycles. The Kier molecular flexibility index (Phi) is 5.60. The molecule has 8 nitrogen and oxygen atoms in total. The standard InChI is InChI=1S/C12H14N2O6/c1-8-9(3-2-4-10(8)14(18)19)12(17)13-5-6-20-7-11(15)16/h2-4H,5-7H2,1H3,(H,13,17)(H,15,16). The second-order valence-electron chi connectivity index (χ2n) is 3.91. The SMILES string of the molecule is Cc1c(C(=O)NCCOCC(=O)O)cccc1[N+](=O)[O-]. The number of nitrogens with zero attached hydrogens (tertiary/aromatic N) is 1. The van der Waals surface area contributed by atoms with Crippen molar-refractivity contribution in [1.29, 1.82) is 0 Å². The zero-order valence-corrected chi connectivity index (χ0v) is 10.8. The molecule has 0 atom stereocenters. The Morgan fingerprint density at radius 2 is 2.15 bits per heavy atom. The van der Waals surface area contributed by atoms with Gasteiger partial charge in [-0.2, -0.15) is 0 Å². The van der Waals surface area contributed by atoms with E-state index in [2.05, 4.69) is 5.32 Å². The summed E-state index contributed by atoms with van der Waals surface area (Å²) in [5.74, 6) is -1.56. The predicted molar refractivity (Wildman–Crippen MR) is 68.6 cm³/mol. The molecule has 0 aliphatic carbocycles. The molecule has 1 rings (SSSR count). The van der Waals surface area contributed by atoms with Gasteiger partial charge in [-0.3, -0.25) is 14.9 Å². The number of amides is 1. The number of aliphatic carboxylic acids is 1. The monoisotopic (exact) mass is 282 g/mol. The number of carbonyl (C=O) groups is 2. The molecule has 0 fully saturated rings. The Morgan fingerprint density at radius 1 is 1.45 bits per heavy atom. The van der Waals surface area contributed by atoms with Gasteiger partial charge in [-0.05, 0) is 13.0 Å². The van der Waals surface area contributed by atoms with Crippen molar-refractivity contribution in [2.24, 2.45) is 0 Å². The summed E-state index contributed by atoms with van der Waals surface area (Å²) in [6.45, 7) is 1.22. The van der Waals surface area contributed by atoms with Crippen molar-refractivity contribution in [1.82, 2.24) is 5.32 Å². The van der Waals surface area contributed by atoms with E-state index in [1.807, 2.05) is 0 Å². The second-order valence-corrected chi connectivity index (χ2v) is 3.91. The molecule has 0 bridgehead atoms. The van der Waals surface area contributed by atoms with Crippen LogP contribution in [0, 0.1) is 17.0 Å². The number of hydrogen-bond acceptors (Lipinski definition) is 5. The molecule has 108 valence electrons. The van der Waals surface area contributed by atoms with E-state index >= 15 is 0 Å². The quantitative estimate of drug-likeness (QED) is 0.432. The molecular weight excluding hydrogens is 268 g/mol. The molecule has 0 unspecified atom stereocenters. The first-order valence-electron chi connectivity index (χ1n) is 5.75. The molecule has 0 aromatic heterocycles. The van der Waals surface area contributed by atoms with E-state index < -0.39 is 23.4 Å². The van der Waals surface area contributed by atoms with Crippen molar-refractivity contribution in [3.8, 4) is 0 Å². The first-order chi connectivity index (χ1) is 9.43. The molecule has 0 aliphatic heterocycles. The molecule has 0 saturated heterocycles. The summed E-state index contributed by atoms with van der Waals surface area (Å²) in [6.07, 6.45) is 0. The van der Waals surface area contributed by atoms with E-state index in [9.17, 15) is 19.7 Å². The van der Waals surface area contributed by atoms with Crippen LogP contribution in [-0.4, -0.2) is 41.7 Å². The zero-order valence-electron chi connectivity index (χ0n) is 10.8. The van der Waals surface area contributed by atoms with E-state index in [1.54, 1.807) is 0 Å². The van der Waals surface area contributed by atoms with E-state index in [4.69, 9.17) is 9.84 Å². The van der Waals surface area contributed by atoms with Crippen LogP contribution in [0.3, 0.4) is 0 Å². The lowest BCUT2D eigenvalue weighted by Gasteiger charge is -2.07. The third-order valence-electron chi connectivity index (χ3n) is 2.50. The van der Waals surface area contributed by atoms with Gasteiger partial charge in [0.15, 0.2) is 0 Å². The first-order valence-corrected chi connectivity index (χ1v) is 5.75. The highest BCUT2D eigenvalue weighted by Gasteiger charge is 2.17. The smallest absolute Gasteiger partial charge is 0.329 e. The van der Waals surface area contributed by atoms with Crippen molar-refractivity contribution in [2.75, 3.05) is 19.8 Å². The summed E-state index contributed by atoms with van der Waals surface area (Å²) in [5, 5.41) is 21.6. The number of ether oxygens (including phenoxy) is 1. The van der Waals surface area contributed by atoms with Crippen LogP contribution in [0.1, 0.15) is 15.9 Å². The van der Waals surface area contributed by atoms with Crippen LogP contribution in [0.25, 0.3) is 0 Å². The lowest BCUT2D eigenvalue weighted by Crippen LogP contribution is -2.28. The van der Waals surface area contributed by atoms with Crippen LogP contribution in [0.15, 0.2) is 18.2 Å². The van der Waals surface area contributed by atoms with Crippen LogP contribution in [0.4, 0.5) is 5.69 Å². The normalized spacial score (nSPS) is 10.1. The number of rotatable bonds is 7. The fourth-order valence-electron chi connectivity index (χ4n) is 1.56. The fourth-order valence-corrected chi connectivity index (χ4v) is 1.56. The van der Waals surface area contributed by atoms with Crippen LogP contribution >= 0.6 is 0 Å². The summed E-state index contributed by atoms with van der Waals surface area (Å²) in [5.41, 5.74) is 0.360. The largest absolute Gasteiger partial charge is 0.480 e. The van der Waals surface area contributed by atoms with Gasteiger partial charge in [-0.15, -0.1) is 0 Å². The summed E-state index contributed by atoms with van der Waals surface area (Å²) in [6, 6.07) is 4.23. The van der Waals surface area contributed by atoms with Gasteiger partial charge in [0.25, 0.3) is 11.6 Å². The highest BCUT2D eigenvalue weighted by atomic mass is 16.6. The molecule has 0 saturated carbocycles. The summed E-state index contributed by atoms with van der Waals surface area (Å²) in [7, 11) is 0. The van der Waals surface area contributed by atoms with Crippen molar-refractivity contribution < 1.29 is 24.4 Å². The molecule has 1 amide bonds. The van der Waals surface area contributed by atoms with Gasteiger partial charge in [0, 0.05) is 23.7 Å². The first kappa shape index (κ1) is 15.6. The number of nitrogens with one attached hydrogen (secondary N) is 1. The Bertz CT molecular complexity index is 529. The summed E-state index contributed by atoms with van der Waals surface area (Å²) < 4.78 is 4.75. The van der Waals surface area contributed by atoms with Crippen LogP contribution in [0.2, 0.25) is 0 Å². The Labute approximate surface area is 114 Å². The van der Waals surface area contributed by atoms with Gasteiger partial charge in [0.05, 0.1) is 11.5 Å². The topological polar surface area (TPSA) is 119 Å². The van der Waals surface area contributed by atoms with Gasteiger partial charge < -0.3 is 15.2 Å². The van der Waals surface area contributed by atoms with Crippen molar-refractivity contribution in [2.45, 2.75) is 6.92 Å². The lowest BCUT2D eigenvalue weighted by molar-refractivity contribution is -0.385. The van der Waals surface area contributed by atoms with Gasteiger partial charge in [-0.1, -0.05) is 6.07 Å². The van der Waals surface area contributed by atoms with Crippen molar-refractivity contribution in [3.05, 3.63) is 39.4 Å².